The van der Waals surface area contributed by atoms with Crippen LogP contribution in [0.15, 0.2) is 53.4 Å². The van der Waals surface area contributed by atoms with Gasteiger partial charge in [-0.05, 0) is 67.3 Å². The molecule has 2 aromatic carbocycles. The minimum absolute atomic E-state index is 0.161. The number of benzene rings is 2. The molecule has 0 aromatic heterocycles. The molecule has 0 bridgehead atoms. The Bertz CT molecular complexity index is 914. The maximum absolute atomic E-state index is 12.5. The molecule has 0 radical (unpaired) electrons. The standard InChI is InChI=1S/C21H27N3O3S/c1-16-12-14-24(15-13-16)19-8-6-18(7-9-19)22-21(25)17-4-10-20(11-5-17)28(26,27)23(2)3/h4-11,16H,12-15H2,1-3H3,(H,22,25). The van der Waals surface area contributed by atoms with Crippen LogP contribution in [0.3, 0.4) is 0 Å². The van der Waals surface area contributed by atoms with Crippen LogP contribution in [0.5, 0.6) is 0 Å². The van der Waals surface area contributed by atoms with Gasteiger partial charge in [0.1, 0.15) is 0 Å². The number of sulfonamides is 1. The Morgan fingerprint density at radius 3 is 2.11 bits per heavy atom. The third-order valence-corrected chi connectivity index (χ3v) is 7.00. The summed E-state index contributed by atoms with van der Waals surface area (Å²) in [5.74, 6) is 0.516. The SMILES string of the molecule is CC1CCN(c2ccc(NC(=O)c3ccc(S(=O)(=O)N(C)C)cc3)cc2)CC1. The van der Waals surface area contributed by atoms with Crippen LogP contribution in [-0.2, 0) is 10.0 Å². The van der Waals surface area contributed by atoms with E-state index in [1.807, 2.05) is 24.3 Å². The highest BCUT2D eigenvalue weighted by Gasteiger charge is 2.18. The highest BCUT2D eigenvalue weighted by Crippen LogP contribution is 2.24. The van der Waals surface area contributed by atoms with Gasteiger partial charge in [0.25, 0.3) is 5.91 Å². The maximum atomic E-state index is 12.5. The number of amides is 1. The first kappa shape index (κ1) is 20.4. The molecule has 0 unspecified atom stereocenters. The summed E-state index contributed by atoms with van der Waals surface area (Å²) in [6, 6.07) is 13.8. The number of hydrogen-bond donors (Lipinski definition) is 1. The number of anilines is 2. The molecule has 0 saturated carbocycles. The second kappa shape index (κ2) is 8.32. The zero-order chi connectivity index (χ0) is 20.3. The van der Waals surface area contributed by atoms with Crippen molar-refractivity contribution in [2.24, 2.45) is 5.92 Å². The van der Waals surface area contributed by atoms with E-state index in [-0.39, 0.29) is 10.8 Å². The summed E-state index contributed by atoms with van der Waals surface area (Å²) >= 11 is 0. The summed E-state index contributed by atoms with van der Waals surface area (Å²) in [6.45, 7) is 4.42. The van der Waals surface area contributed by atoms with Crippen molar-refractivity contribution in [1.29, 1.82) is 0 Å². The van der Waals surface area contributed by atoms with E-state index in [4.69, 9.17) is 0 Å². The van der Waals surface area contributed by atoms with Crippen LogP contribution in [0.1, 0.15) is 30.1 Å². The normalized spacial score (nSPS) is 15.6. The van der Waals surface area contributed by atoms with Gasteiger partial charge in [-0.15, -0.1) is 0 Å². The number of piperidine rings is 1. The quantitative estimate of drug-likeness (QED) is 0.833. The molecule has 28 heavy (non-hydrogen) atoms. The third-order valence-electron chi connectivity index (χ3n) is 5.17. The van der Waals surface area contributed by atoms with Crippen LogP contribution in [0.25, 0.3) is 0 Å². The third kappa shape index (κ3) is 4.54. The van der Waals surface area contributed by atoms with Gasteiger partial charge < -0.3 is 10.2 Å². The van der Waals surface area contributed by atoms with E-state index in [1.54, 1.807) is 0 Å². The number of carbonyl (C=O) groups is 1. The van der Waals surface area contributed by atoms with Gasteiger partial charge in [-0.1, -0.05) is 6.92 Å². The summed E-state index contributed by atoms with van der Waals surface area (Å²) in [7, 11) is -0.548. The summed E-state index contributed by atoms with van der Waals surface area (Å²) in [4.78, 5) is 15.0. The van der Waals surface area contributed by atoms with E-state index in [2.05, 4.69) is 17.1 Å². The Morgan fingerprint density at radius 2 is 1.57 bits per heavy atom. The average Bonchev–Trinajstić information content (AvgIpc) is 2.69. The lowest BCUT2D eigenvalue weighted by atomic mass is 9.99. The maximum Gasteiger partial charge on any atom is 0.255 e. The van der Waals surface area contributed by atoms with Crippen molar-refractivity contribution in [1.82, 2.24) is 4.31 Å². The van der Waals surface area contributed by atoms with E-state index in [1.165, 1.54) is 56.9 Å². The lowest BCUT2D eigenvalue weighted by Crippen LogP contribution is -2.32. The molecule has 0 aliphatic carbocycles. The Hall–Kier alpha value is -2.38. The lowest BCUT2D eigenvalue weighted by Gasteiger charge is -2.32. The molecule has 2 aromatic rings. The summed E-state index contributed by atoms with van der Waals surface area (Å²) in [5.41, 5.74) is 2.29. The zero-order valence-corrected chi connectivity index (χ0v) is 17.4. The first-order valence-corrected chi connectivity index (χ1v) is 10.9. The van der Waals surface area contributed by atoms with E-state index in [9.17, 15) is 13.2 Å². The molecule has 150 valence electrons. The molecule has 1 aliphatic heterocycles. The molecule has 0 atom stereocenters. The van der Waals surface area contributed by atoms with Crippen LogP contribution >= 0.6 is 0 Å². The second-order valence-electron chi connectivity index (χ2n) is 7.48. The Morgan fingerprint density at radius 1 is 1.00 bits per heavy atom. The Balaban J connectivity index is 1.64. The van der Waals surface area contributed by atoms with Gasteiger partial charge in [0.15, 0.2) is 0 Å². The Kier molecular flexibility index (Phi) is 6.05. The number of rotatable bonds is 5. The fourth-order valence-electron chi connectivity index (χ4n) is 3.21. The number of carbonyl (C=O) groups excluding carboxylic acids is 1. The second-order valence-corrected chi connectivity index (χ2v) is 9.63. The molecule has 0 spiro atoms. The van der Waals surface area contributed by atoms with Gasteiger partial charge in [-0.25, -0.2) is 12.7 Å². The summed E-state index contributed by atoms with van der Waals surface area (Å²) < 4.78 is 25.4. The van der Waals surface area contributed by atoms with Crippen molar-refractivity contribution >= 4 is 27.3 Å². The predicted molar refractivity (Wildman–Crippen MR) is 112 cm³/mol. The van der Waals surface area contributed by atoms with Crippen LogP contribution < -0.4 is 10.2 Å². The van der Waals surface area contributed by atoms with Gasteiger partial charge >= 0.3 is 0 Å². The minimum Gasteiger partial charge on any atom is -0.372 e. The first-order chi connectivity index (χ1) is 13.3. The van der Waals surface area contributed by atoms with E-state index in [0.29, 0.717) is 11.3 Å². The van der Waals surface area contributed by atoms with Crippen molar-refractivity contribution in [2.75, 3.05) is 37.4 Å². The van der Waals surface area contributed by atoms with Crippen LogP contribution in [0.2, 0.25) is 0 Å². The van der Waals surface area contributed by atoms with Gasteiger partial charge in [0.05, 0.1) is 4.90 Å². The smallest absolute Gasteiger partial charge is 0.255 e. The number of nitrogens with one attached hydrogen (secondary N) is 1. The molecule has 7 heteroatoms. The van der Waals surface area contributed by atoms with Crippen molar-refractivity contribution < 1.29 is 13.2 Å². The fraction of sp³-hybridized carbons (Fsp3) is 0.381. The van der Waals surface area contributed by atoms with E-state index < -0.39 is 10.0 Å². The van der Waals surface area contributed by atoms with Crippen LogP contribution in [-0.4, -0.2) is 45.8 Å². The summed E-state index contributed by atoms with van der Waals surface area (Å²) in [6.07, 6.45) is 2.41. The van der Waals surface area contributed by atoms with Gasteiger partial charge in [0.2, 0.25) is 10.0 Å². The average molecular weight is 402 g/mol. The Labute approximate surface area is 167 Å². The predicted octanol–water partition coefficient (Wildman–Crippen LogP) is 3.43. The van der Waals surface area contributed by atoms with Crippen LogP contribution in [0.4, 0.5) is 11.4 Å². The largest absolute Gasteiger partial charge is 0.372 e. The topological polar surface area (TPSA) is 69.7 Å². The van der Waals surface area contributed by atoms with Crippen molar-refractivity contribution in [3.8, 4) is 0 Å². The molecule has 1 aliphatic rings. The molecule has 6 nitrogen and oxygen atoms in total. The highest BCUT2D eigenvalue weighted by molar-refractivity contribution is 7.89. The van der Waals surface area contributed by atoms with Crippen molar-refractivity contribution in [3.05, 3.63) is 54.1 Å². The van der Waals surface area contributed by atoms with Gasteiger partial charge in [-0.2, -0.15) is 0 Å². The van der Waals surface area contributed by atoms with E-state index in [0.717, 1.165) is 23.3 Å². The zero-order valence-electron chi connectivity index (χ0n) is 16.6. The molecule has 3 rings (SSSR count). The van der Waals surface area contributed by atoms with Crippen molar-refractivity contribution in [3.63, 3.8) is 0 Å². The molecular formula is C21H27N3O3S. The molecule has 1 N–H and O–H groups in total. The van der Waals surface area contributed by atoms with E-state index >= 15 is 0 Å². The minimum atomic E-state index is -3.50. The highest BCUT2D eigenvalue weighted by atomic mass is 32.2. The number of nitrogens with zero attached hydrogens (tertiary/aromatic N) is 2. The lowest BCUT2D eigenvalue weighted by molar-refractivity contribution is 0.102. The number of hydrogen-bond acceptors (Lipinski definition) is 4. The first-order valence-electron chi connectivity index (χ1n) is 9.46. The molecule has 1 amide bonds. The monoisotopic (exact) mass is 401 g/mol. The van der Waals surface area contributed by atoms with Gasteiger partial charge in [0, 0.05) is 44.1 Å². The molecule has 1 fully saturated rings. The molecule has 1 saturated heterocycles. The summed E-state index contributed by atoms with van der Waals surface area (Å²) in [5, 5.41) is 2.86. The van der Waals surface area contributed by atoms with Gasteiger partial charge in [-0.3, -0.25) is 4.79 Å². The molecular weight excluding hydrogens is 374 g/mol. The van der Waals surface area contributed by atoms with Crippen molar-refractivity contribution in [2.45, 2.75) is 24.7 Å². The molecule has 1 heterocycles. The van der Waals surface area contributed by atoms with Crippen LogP contribution in [0, 0.1) is 5.92 Å². The fourth-order valence-corrected chi connectivity index (χ4v) is 4.12.